The van der Waals surface area contributed by atoms with Crippen LogP contribution in [0.4, 0.5) is 0 Å². The topological polar surface area (TPSA) is 98.6 Å². The molecule has 0 aliphatic carbocycles. The summed E-state index contributed by atoms with van der Waals surface area (Å²) >= 11 is 0. The minimum Gasteiger partial charge on any atom is -0.489 e. The maximum Gasteiger partial charge on any atom is 0.124 e. The minimum atomic E-state index is -4.26. The van der Waals surface area contributed by atoms with Crippen molar-refractivity contribution >= 4 is 9.53 Å². The molecule has 5 nitrogen and oxygen atoms in total. The van der Waals surface area contributed by atoms with E-state index in [0.717, 1.165) is 24.8 Å². The average Bonchev–Trinajstić information content (AvgIpc) is 2.43. The summed E-state index contributed by atoms with van der Waals surface area (Å²) in [5.41, 5.74) is 6.66. The van der Waals surface area contributed by atoms with Crippen LogP contribution < -0.4 is 15.6 Å². The molecule has 5 N–H and O–H groups in total. The van der Waals surface area contributed by atoms with E-state index in [-0.39, 0.29) is 16.8 Å². The first-order chi connectivity index (χ1) is 9.34. The van der Waals surface area contributed by atoms with E-state index in [1.807, 2.05) is 13.0 Å². The molecule has 0 amide bonds. The van der Waals surface area contributed by atoms with Gasteiger partial charge in [0, 0.05) is 12.6 Å². The fraction of sp³-hybridized carbons (Fsp3) is 0.571. The van der Waals surface area contributed by atoms with Crippen molar-refractivity contribution in [2.45, 2.75) is 43.6 Å². The Hall–Kier alpha value is -0.950. The summed E-state index contributed by atoms with van der Waals surface area (Å²) in [6.07, 6.45) is 3.15. The molecule has 1 aliphatic rings. The van der Waals surface area contributed by atoms with E-state index in [9.17, 15) is 8.76 Å². The Balaban J connectivity index is 2.33. The van der Waals surface area contributed by atoms with Gasteiger partial charge in [0.05, 0.1) is 10.6 Å². The molecule has 1 unspecified atom stereocenters. The molecule has 20 heavy (non-hydrogen) atoms. The van der Waals surface area contributed by atoms with Crippen molar-refractivity contribution in [1.82, 2.24) is 0 Å². The number of hydrogen-bond acceptors (Lipinski definition) is 3. The van der Waals surface area contributed by atoms with E-state index in [1.54, 1.807) is 12.1 Å². The summed E-state index contributed by atoms with van der Waals surface area (Å²) in [6, 6.07) is 5.09. The third-order valence-electron chi connectivity index (χ3n) is 3.73. The molecule has 1 heterocycles. The van der Waals surface area contributed by atoms with Gasteiger partial charge in [-0.1, -0.05) is 19.4 Å². The Morgan fingerprint density at radius 3 is 2.90 bits per heavy atom. The number of benzene rings is 1. The molecule has 0 saturated carbocycles. The Morgan fingerprint density at radius 1 is 1.50 bits per heavy atom. The molecule has 0 aromatic heterocycles. The molecule has 0 saturated heterocycles. The third-order valence-corrected chi connectivity index (χ3v) is 6.07. The Morgan fingerprint density at radius 2 is 2.25 bits per heavy atom. The Bertz CT molecular complexity index is 553. The highest BCUT2D eigenvalue weighted by Crippen LogP contribution is 2.35. The lowest BCUT2D eigenvalue weighted by Gasteiger charge is -2.39. The van der Waals surface area contributed by atoms with Crippen LogP contribution in [0.15, 0.2) is 23.1 Å². The first kappa shape index (κ1) is 15.4. The zero-order chi connectivity index (χ0) is 14.8. The van der Waals surface area contributed by atoms with Gasteiger partial charge < -0.3 is 10.5 Å². The number of unbranched alkanes of at least 4 members (excludes halogenated alkanes) is 1. The van der Waals surface area contributed by atoms with E-state index in [1.165, 1.54) is 0 Å². The third kappa shape index (κ3) is 3.20. The van der Waals surface area contributed by atoms with E-state index in [2.05, 4.69) is 0 Å². The van der Waals surface area contributed by atoms with Crippen LogP contribution in [0.1, 0.15) is 31.7 Å². The van der Waals surface area contributed by atoms with Gasteiger partial charge in [-0.25, -0.2) is 5.14 Å². The van der Waals surface area contributed by atoms with Crippen LogP contribution >= 0.6 is 0 Å². The van der Waals surface area contributed by atoms with Crippen LogP contribution in [-0.2, 0) is 16.0 Å². The second-order valence-electron chi connectivity index (χ2n) is 5.47. The number of nitrogens with two attached hydrogens (primary N) is 2. The summed E-state index contributed by atoms with van der Waals surface area (Å²) in [6.45, 7) is 2.41. The van der Waals surface area contributed by atoms with Gasteiger partial charge in [-0.05, 0) is 30.9 Å². The second-order valence-corrected chi connectivity index (χ2v) is 8.60. The fourth-order valence-electron chi connectivity index (χ4n) is 2.38. The minimum absolute atomic E-state index is 0.0279. The van der Waals surface area contributed by atoms with Crippen LogP contribution in [0, 0.1) is 0 Å². The quantitative estimate of drug-likeness (QED) is 0.770. The molecular weight excluding hydrogens is 276 g/mol. The predicted octanol–water partition coefficient (Wildman–Crippen LogP) is 1.66. The number of aryl methyl sites for hydroxylation is 1. The Kier molecular flexibility index (Phi) is 4.20. The summed E-state index contributed by atoms with van der Waals surface area (Å²) in [5, 5.41) is 5.80. The lowest BCUT2D eigenvalue weighted by atomic mass is 10.0. The summed E-state index contributed by atoms with van der Waals surface area (Å²) < 4.78 is 28.7. The van der Waals surface area contributed by atoms with Crippen molar-refractivity contribution in [2.24, 2.45) is 10.9 Å². The van der Waals surface area contributed by atoms with Crippen molar-refractivity contribution in [3.8, 4) is 5.75 Å². The normalized spacial score (nSPS) is 20.6. The largest absolute Gasteiger partial charge is 0.489 e. The summed E-state index contributed by atoms with van der Waals surface area (Å²) in [4.78, 5) is 0.256. The molecule has 0 spiro atoms. The summed E-state index contributed by atoms with van der Waals surface area (Å²) in [7, 11) is -4.26. The molecule has 0 fully saturated rings. The van der Waals surface area contributed by atoms with Crippen LogP contribution in [-0.4, -0.2) is 27.2 Å². The zero-order valence-corrected chi connectivity index (χ0v) is 12.7. The molecule has 1 atom stereocenters. The monoisotopic (exact) mass is 300 g/mol. The molecular formula is C14H24N2O3S. The maximum absolute atomic E-state index is 12.6. The van der Waals surface area contributed by atoms with Gasteiger partial charge in [-0.3, -0.25) is 4.55 Å². The number of fused-ring (bicyclic) bond motifs is 1. The maximum atomic E-state index is 12.6. The lowest BCUT2D eigenvalue weighted by molar-refractivity contribution is 0.180. The fourth-order valence-corrected chi connectivity index (χ4v) is 4.19. The van der Waals surface area contributed by atoms with Crippen molar-refractivity contribution < 1.29 is 13.5 Å². The van der Waals surface area contributed by atoms with Crippen molar-refractivity contribution in [3.05, 3.63) is 23.8 Å². The van der Waals surface area contributed by atoms with E-state index in [4.69, 9.17) is 15.6 Å². The number of hydrogen-bond donors (Lipinski definition) is 3. The molecule has 2 rings (SSSR count). The highest BCUT2D eigenvalue weighted by molar-refractivity contribution is 8.13. The van der Waals surface area contributed by atoms with Crippen LogP contribution in [0.5, 0.6) is 5.75 Å². The second kappa shape index (κ2) is 5.44. The zero-order valence-electron chi connectivity index (χ0n) is 11.9. The predicted molar refractivity (Wildman–Crippen MR) is 81.2 cm³/mol. The highest BCUT2D eigenvalue weighted by atomic mass is 32.3. The van der Waals surface area contributed by atoms with Crippen LogP contribution in [0.2, 0.25) is 0 Å². The summed E-state index contributed by atoms with van der Waals surface area (Å²) in [5.74, 6) is 0.714. The number of rotatable bonds is 5. The molecule has 1 aromatic carbocycles. The van der Waals surface area contributed by atoms with Crippen molar-refractivity contribution in [3.63, 3.8) is 0 Å². The van der Waals surface area contributed by atoms with E-state index >= 15 is 0 Å². The smallest absolute Gasteiger partial charge is 0.124 e. The van der Waals surface area contributed by atoms with Gasteiger partial charge in [0.1, 0.15) is 11.9 Å². The lowest BCUT2D eigenvalue weighted by Crippen LogP contribution is -2.45. The average molecular weight is 300 g/mol. The van der Waals surface area contributed by atoms with E-state index in [0.29, 0.717) is 18.7 Å². The molecule has 0 radical (unpaired) electrons. The van der Waals surface area contributed by atoms with Crippen molar-refractivity contribution in [2.75, 3.05) is 12.3 Å². The van der Waals surface area contributed by atoms with Gasteiger partial charge >= 0.3 is 0 Å². The van der Waals surface area contributed by atoms with Crippen LogP contribution in [0.3, 0.4) is 0 Å². The molecule has 1 aromatic rings. The van der Waals surface area contributed by atoms with Gasteiger partial charge in [-0.2, -0.15) is 4.21 Å². The molecule has 114 valence electrons. The van der Waals surface area contributed by atoms with Crippen molar-refractivity contribution in [1.29, 1.82) is 0 Å². The van der Waals surface area contributed by atoms with Crippen LogP contribution in [0.25, 0.3) is 0 Å². The first-order valence-electron chi connectivity index (χ1n) is 7.04. The van der Waals surface area contributed by atoms with Gasteiger partial charge in [0.2, 0.25) is 0 Å². The molecule has 0 bridgehead atoms. The number of ether oxygens (including phenoxy) is 1. The standard InChI is InChI=1S/C14H24N2O3S/c1-2-3-8-20(16,17,18)13-7-5-11-4-6-12(10-15)19-14(11)9-13/h5,7,9,12H,2-4,6,8,10,15H2,1H3,(H3,16,17,18). The molecule has 1 aliphatic heterocycles. The first-order valence-corrected chi connectivity index (χ1v) is 9.20. The highest BCUT2D eigenvalue weighted by Gasteiger charge is 2.27. The van der Waals surface area contributed by atoms with Gasteiger partial charge in [0.15, 0.2) is 0 Å². The van der Waals surface area contributed by atoms with Gasteiger partial charge in [-0.15, -0.1) is 9.53 Å². The van der Waals surface area contributed by atoms with E-state index < -0.39 is 9.53 Å². The molecule has 6 heteroatoms. The SMILES string of the molecule is CCCCS(N)(=O)(O)c1ccc2c(c1)OC(CN)CC2. The van der Waals surface area contributed by atoms with Gasteiger partial charge in [0.25, 0.3) is 0 Å². The Labute approximate surface area is 120 Å².